The molecule has 1 heterocycles. The Hall–Kier alpha value is -0.830. The van der Waals surface area contributed by atoms with Crippen LogP contribution < -0.4 is 0 Å². The third-order valence-corrected chi connectivity index (χ3v) is 4.48. The van der Waals surface area contributed by atoms with E-state index < -0.39 is 11.4 Å². The van der Waals surface area contributed by atoms with E-state index in [4.69, 9.17) is 0 Å². The van der Waals surface area contributed by atoms with Gasteiger partial charge in [0, 0.05) is 0 Å². The highest BCUT2D eigenvalue weighted by atomic mass is 32.1. The molecule has 2 nitrogen and oxygen atoms in total. The van der Waals surface area contributed by atoms with E-state index in [1.807, 2.05) is 5.38 Å². The van der Waals surface area contributed by atoms with Gasteiger partial charge in [-0.3, -0.25) is 4.79 Å². The molecule has 2 rings (SSSR count). The van der Waals surface area contributed by atoms with Gasteiger partial charge in [-0.25, -0.2) is 0 Å². The molecule has 0 amide bonds. The van der Waals surface area contributed by atoms with Crippen LogP contribution in [0.3, 0.4) is 0 Å². The number of carbonyl (C=O) groups is 1. The summed E-state index contributed by atoms with van der Waals surface area (Å²) < 4.78 is 0. The first-order valence-electron chi connectivity index (χ1n) is 5.22. The van der Waals surface area contributed by atoms with Crippen molar-refractivity contribution in [2.75, 3.05) is 0 Å². The lowest BCUT2D eigenvalue weighted by atomic mass is 9.90. The van der Waals surface area contributed by atoms with E-state index in [9.17, 15) is 9.90 Å². The van der Waals surface area contributed by atoms with E-state index in [1.165, 1.54) is 5.56 Å². The van der Waals surface area contributed by atoms with Gasteiger partial charge in [-0.1, -0.05) is 13.8 Å². The summed E-state index contributed by atoms with van der Waals surface area (Å²) in [6.07, 6.45) is 2.48. The van der Waals surface area contributed by atoms with Gasteiger partial charge in [-0.05, 0) is 47.1 Å². The highest BCUT2D eigenvalue weighted by Crippen LogP contribution is 2.65. The molecule has 0 aromatic carbocycles. The Morgan fingerprint density at radius 2 is 2.27 bits per heavy atom. The highest BCUT2D eigenvalue weighted by molar-refractivity contribution is 7.07. The van der Waals surface area contributed by atoms with Crippen molar-refractivity contribution in [3.63, 3.8) is 0 Å². The van der Waals surface area contributed by atoms with E-state index in [1.54, 1.807) is 11.3 Å². The molecule has 0 bridgehead atoms. The Balaban J connectivity index is 2.02. The minimum absolute atomic E-state index is 0.0190. The average Bonchev–Trinajstić information content (AvgIpc) is 2.57. The monoisotopic (exact) mass is 224 g/mol. The first kappa shape index (κ1) is 10.7. The molecule has 1 aromatic heterocycles. The van der Waals surface area contributed by atoms with Crippen molar-refractivity contribution in [2.45, 2.75) is 33.1 Å². The fourth-order valence-electron chi connectivity index (χ4n) is 2.40. The van der Waals surface area contributed by atoms with Crippen molar-refractivity contribution in [1.82, 2.24) is 0 Å². The number of rotatable bonds is 4. The smallest absolute Gasteiger partial charge is 0.310 e. The second kappa shape index (κ2) is 3.34. The zero-order valence-electron chi connectivity index (χ0n) is 9.12. The molecule has 0 spiro atoms. The zero-order valence-corrected chi connectivity index (χ0v) is 9.93. The van der Waals surface area contributed by atoms with Crippen LogP contribution in [-0.2, 0) is 11.2 Å². The van der Waals surface area contributed by atoms with Crippen LogP contribution in [-0.4, -0.2) is 11.1 Å². The number of carboxylic acids is 1. The quantitative estimate of drug-likeness (QED) is 0.852. The minimum Gasteiger partial charge on any atom is -0.481 e. The number of aryl methyl sites for hydroxylation is 1. The third kappa shape index (κ3) is 1.69. The summed E-state index contributed by atoms with van der Waals surface area (Å²) >= 11 is 1.67. The van der Waals surface area contributed by atoms with Crippen LogP contribution in [0.15, 0.2) is 16.8 Å². The van der Waals surface area contributed by atoms with E-state index in [-0.39, 0.29) is 5.41 Å². The first-order chi connectivity index (χ1) is 6.98. The average molecular weight is 224 g/mol. The van der Waals surface area contributed by atoms with E-state index >= 15 is 0 Å². The second-order valence-corrected chi connectivity index (χ2v) is 5.86. The van der Waals surface area contributed by atoms with Gasteiger partial charge in [0.25, 0.3) is 0 Å². The minimum atomic E-state index is -0.622. The molecule has 0 radical (unpaired) electrons. The highest BCUT2D eigenvalue weighted by Gasteiger charge is 2.65. The van der Waals surface area contributed by atoms with Crippen molar-refractivity contribution >= 4 is 17.3 Å². The molecule has 1 aromatic rings. The van der Waals surface area contributed by atoms with Crippen LogP contribution in [0.2, 0.25) is 0 Å². The molecule has 15 heavy (non-hydrogen) atoms. The lowest BCUT2D eigenvalue weighted by Crippen LogP contribution is -2.21. The number of carboxylic acid groups (broad SMARTS) is 1. The van der Waals surface area contributed by atoms with Gasteiger partial charge in [0.1, 0.15) is 0 Å². The Kier molecular flexibility index (Phi) is 2.38. The Bertz CT molecular complexity index is 367. The van der Waals surface area contributed by atoms with Gasteiger partial charge in [0.15, 0.2) is 0 Å². The van der Waals surface area contributed by atoms with Crippen LogP contribution in [0.5, 0.6) is 0 Å². The van der Waals surface area contributed by atoms with Crippen LogP contribution in [0.25, 0.3) is 0 Å². The van der Waals surface area contributed by atoms with Crippen LogP contribution in [0.1, 0.15) is 32.3 Å². The summed E-state index contributed by atoms with van der Waals surface area (Å²) in [5.41, 5.74) is 0.785. The maximum atomic E-state index is 11.3. The number of aliphatic carboxylic acids is 1. The van der Waals surface area contributed by atoms with Crippen LogP contribution >= 0.6 is 11.3 Å². The van der Waals surface area contributed by atoms with Crippen LogP contribution in [0.4, 0.5) is 0 Å². The second-order valence-electron chi connectivity index (χ2n) is 5.08. The molecule has 1 aliphatic carbocycles. The van der Waals surface area contributed by atoms with Gasteiger partial charge in [-0.2, -0.15) is 11.3 Å². The number of thiophene rings is 1. The maximum absolute atomic E-state index is 11.3. The number of hydrogen-bond donors (Lipinski definition) is 1. The first-order valence-corrected chi connectivity index (χ1v) is 6.17. The molecule has 1 fully saturated rings. The van der Waals surface area contributed by atoms with Gasteiger partial charge in [0.2, 0.25) is 0 Å². The Morgan fingerprint density at radius 3 is 2.67 bits per heavy atom. The molecule has 1 saturated carbocycles. The summed E-state index contributed by atoms with van der Waals surface area (Å²) in [6, 6.07) is 2.08. The summed E-state index contributed by atoms with van der Waals surface area (Å²) in [5, 5.41) is 13.4. The van der Waals surface area contributed by atoms with Gasteiger partial charge < -0.3 is 5.11 Å². The fourth-order valence-corrected chi connectivity index (χ4v) is 3.10. The van der Waals surface area contributed by atoms with Crippen molar-refractivity contribution in [3.8, 4) is 0 Å². The Morgan fingerprint density at radius 1 is 1.60 bits per heavy atom. The van der Waals surface area contributed by atoms with E-state index in [0.717, 1.165) is 19.3 Å². The molecule has 82 valence electrons. The molecule has 3 heteroatoms. The molecular formula is C12H16O2S. The molecule has 1 aliphatic rings. The molecule has 1 N–H and O–H groups in total. The summed E-state index contributed by atoms with van der Waals surface area (Å²) in [7, 11) is 0. The molecule has 1 atom stereocenters. The summed E-state index contributed by atoms with van der Waals surface area (Å²) in [5.74, 6) is -0.622. The predicted molar refractivity (Wildman–Crippen MR) is 61.1 cm³/mol. The topological polar surface area (TPSA) is 37.3 Å². The largest absolute Gasteiger partial charge is 0.481 e. The van der Waals surface area contributed by atoms with E-state index in [0.29, 0.717) is 0 Å². The van der Waals surface area contributed by atoms with Gasteiger partial charge in [-0.15, -0.1) is 0 Å². The summed E-state index contributed by atoms with van der Waals surface area (Å²) in [4.78, 5) is 11.3. The van der Waals surface area contributed by atoms with Crippen LogP contribution in [0, 0.1) is 10.8 Å². The summed E-state index contributed by atoms with van der Waals surface area (Å²) in [6.45, 7) is 4.10. The maximum Gasteiger partial charge on any atom is 0.310 e. The zero-order chi connectivity index (χ0) is 11.1. The van der Waals surface area contributed by atoms with Gasteiger partial charge >= 0.3 is 5.97 Å². The number of hydrogen-bond acceptors (Lipinski definition) is 2. The standard InChI is InChI=1S/C12H16O2S/c1-11(2)8-12(11,10(13)14)5-3-9-4-6-15-7-9/h4,6-7H,3,5,8H2,1-2H3,(H,13,14). The van der Waals surface area contributed by atoms with Crippen molar-refractivity contribution in [3.05, 3.63) is 22.4 Å². The lowest BCUT2D eigenvalue weighted by Gasteiger charge is -2.14. The molecule has 0 saturated heterocycles. The van der Waals surface area contributed by atoms with Crippen molar-refractivity contribution < 1.29 is 9.90 Å². The predicted octanol–water partition coefficient (Wildman–Crippen LogP) is 3.18. The lowest BCUT2D eigenvalue weighted by molar-refractivity contribution is -0.145. The molecular weight excluding hydrogens is 208 g/mol. The normalized spacial score (nSPS) is 27.6. The molecule has 0 aliphatic heterocycles. The van der Waals surface area contributed by atoms with Crippen molar-refractivity contribution in [2.24, 2.45) is 10.8 Å². The van der Waals surface area contributed by atoms with E-state index in [2.05, 4.69) is 25.3 Å². The Labute approximate surface area is 93.9 Å². The SMILES string of the molecule is CC1(C)CC1(CCc1ccsc1)C(=O)O. The third-order valence-electron chi connectivity index (χ3n) is 3.74. The van der Waals surface area contributed by atoms with Crippen molar-refractivity contribution in [1.29, 1.82) is 0 Å². The molecule has 1 unspecified atom stereocenters. The fraction of sp³-hybridized carbons (Fsp3) is 0.583. The van der Waals surface area contributed by atoms with Gasteiger partial charge in [0.05, 0.1) is 5.41 Å².